The Morgan fingerprint density at radius 1 is 0.931 bits per heavy atom. The number of rotatable bonds is 6. The first-order chi connectivity index (χ1) is 13.8. The van der Waals surface area contributed by atoms with Crippen LogP contribution >= 0.6 is 0 Å². The van der Waals surface area contributed by atoms with Gasteiger partial charge in [0.1, 0.15) is 5.82 Å². The first kappa shape index (κ1) is 20.5. The molecule has 2 aromatic carbocycles. The number of hydrogen-bond donors (Lipinski definition) is 0. The van der Waals surface area contributed by atoms with E-state index >= 15 is 0 Å². The van der Waals surface area contributed by atoms with Crippen molar-refractivity contribution in [2.75, 3.05) is 0 Å². The Morgan fingerprint density at radius 2 is 1.52 bits per heavy atom. The molecule has 3 rings (SSSR count). The summed E-state index contributed by atoms with van der Waals surface area (Å²) in [6.45, 7) is 8.38. The molecule has 0 aliphatic rings. The summed E-state index contributed by atoms with van der Waals surface area (Å²) in [4.78, 5) is 10.6. The van der Waals surface area contributed by atoms with Gasteiger partial charge in [-0.2, -0.15) is 0 Å². The Bertz CT molecular complexity index is 1030. The predicted octanol–water partition coefficient (Wildman–Crippen LogP) is 6.91. The molecule has 1 aromatic heterocycles. The molecule has 0 unspecified atom stereocenters. The van der Waals surface area contributed by atoms with Crippen molar-refractivity contribution in [3.05, 3.63) is 88.1 Å². The lowest BCUT2D eigenvalue weighted by atomic mass is 9.92. The van der Waals surface area contributed by atoms with E-state index < -0.39 is 4.92 Å². The number of aromatic nitrogens is 1. The minimum atomic E-state index is -0.455. The fraction of sp³-hybridized carbons (Fsp3) is 0.250. The zero-order valence-electron chi connectivity index (χ0n) is 17.1. The van der Waals surface area contributed by atoms with Crippen LogP contribution in [-0.2, 0) is 0 Å². The first-order valence-corrected chi connectivity index (χ1v) is 9.72. The van der Waals surface area contributed by atoms with Crippen LogP contribution in [-0.4, -0.2) is 9.49 Å². The van der Waals surface area contributed by atoms with E-state index in [-0.39, 0.29) is 17.8 Å². The molecule has 0 bridgehead atoms. The van der Waals surface area contributed by atoms with Crippen LogP contribution in [0.25, 0.3) is 28.3 Å². The monoisotopic (exact) mass is 392 g/mol. The Labute approximate surface area is 170 Å². The lowest BCUT2D eigenvalue weighted by molar-refractivity contribution is -0.401. The van der Waals surface area contributed by atoms with Crippen LogP contribution in [0.1, 0.15) is 51.0 Å². The third-order valence-electron chi connectivity index (χ3n) is 4.89. The maximum atomic E-state index is 13.6. The average molecular weight is 392 g/mol. The minimum absolute atomic E-state index is 0.0930. The molecule has 1 heterocycles. The van der Waals surface area contributed by atoms with E-state index in [0.717, 1.165) is 39.8 Å². The van der Waals surface area contributed by atoms with Crippen LogP contribution in [0.2, 0.25) is 0 Å². The van der Waals surface area contributed by atoms with Crippen molar-refractivity contribution in [1.82, 2.24) is 4.57 Å². The van der Waals surface area contributed by atoms with Crippen LogP contribution in [0.4, 0.5) is 4.39 Å². The second kappa shape index (κ2) is 8.43. The summed E-state index contributed by atoms with van der Waals surface area (Å²) >= 11 is 0. The fourth-order valence-corrected chi connectivity index (χ4v) is 3.85. The standard InChI is InChI=1S/C24H25FN2O2/c1-16(2)24-23(18-8-6-5-7-9-18)22(19-10-12-20(25)13-11-19)21(14-15-26(28)29)27(24)17(3)4/h5-17H,1-4H3. The molecule has 0 saturated carbocycles. The van der Waals surface area contributed by atoms with Crippen molar-refractivity contribution in [2.45, 2.75) is 39.7 Å². The van der Waals surface area contributed by atoms with Crippen LogP contribution in [0, 0.1) is 15.9 Å². The smallest absolute Gasteiger partial charge is 0.236 e. The molecule has 0 saturated heterocycles. The van der Waals surface area contributed by atoms with Crippen LogP contribution in [0.15, 0.2) is 60.8 Å². The summed E-state index contributed by atoms with van der Waals surface area (Å²) < 4.78 is 15.8. The quantitative estimate of drug-likeness (QED) is 0.338. The van der Waals surface area contributed by atoms with E-state index in [1.54, 1.807) is 18.2 Å². The third-order valence-corrected chi connectivity index (χ3v) is 4.89. The summed E-state index contributed by atoms with van der Waals surface area (Å²) in [6, 6.07) is 16.4. The average Bonchev–Trinajstić information content (AvgIpc) is 3.03. The molecule has 4 nitrogen and oxygen atoms in total. The lowest BCUT2D eigenvalue weighted by Crippen LogP contribution is -2.09. The molecular formula is C24H25FN2O2. The van der Waals surface area contributed by atoms with Gasteiger partial charge in [0.05, 0.1) is 10.6 Å². The van der Waals surface area contributed by atoms with Gasteiger partial charge in [-0.25, -0.2) is 4.39 Å². The summed E-state index contributed by atoms with van der Waals surface area (Å²) in [5, 5.41) is 11.1. The van der Waals surface area contributed by atoms with E-state index in [9.17, 15) is 14.5 Å². The third kappa shape index (κ3) is 4.14. The minimum Gasteiger partial charge on any atom is -0.341 e. The maximum Gasteiger partial charge on any atom is 0.236 e. The van der Waals surface area contributed by atoms with Crippen molar-refractivity contribution in [3.8, 4) is 22.3 Å². The highest BCUT2D eigenvalue weighted by molar-refractivity contribution is 5.91. The van der Waals surface area contributed by atoms with Gasteiger partial charge in [0.2, 0.25) is 6.20 Å². The second-order valence-corrected chi connectivity index (χ2v) is 7.61. The van der Waals surface area contributed by atoms with E-state index in [1.165, 1.54) is 12.1 Å². The number of halogens is 1. The molecule has 0 fully saturated rings. The molecule has 0 spiro atoms. The largest absolute Gasteiger partial charge is 0.341 e. The van der Waals surface area contributed by atoms with Gasteiger partial charge in [-0.15, -0.1) is 0 Å². The molecule has 150 valence electrons. The van der Waals surface area contributed by atoms with Gasteiger partial charge in [0.25, 0.3) is 0 Å². The fourth-order valence-electron chi connectivity index (χ4n) is 3.85. The normalized spacial score (nSPS) is 11.7. The highest BCUT2D eigenvalue weighted by Gasteiger charge is 2.27. The summed E-state index contributed by atoms with van der Waals surface area (Å²) in [6.07, 6.45) is 2.52. The summed E-state index contributed by atoms with van der Waals surface area (Å²) in [7, 11) is 0. The molecule has 0 atom stereocenters. The number of nitrogens with zero attached hydrogens (tertiary/aromatic N) is 2. The van der Waals surface area contributed by atoms with Crippen LogP contribution in [0.3, 0.4) is 0 Å². The van der Waals surface area contributed by atoms with E-state index in [1.807, 2.05) is 30.3 Å². The molecule has 0 radical (unpaired) electrons. The Kier molecular flexibility index (Phi) is 5.97. The highest BCUT2D eigenvalue weighted by atomic mass is 19.1. The van der Waals surface area contributed by atoms with Crippen LogP contribution < -0.4 is 0 Å². The van der Waals surface area contributed by atoms with E-state index in [0.29, 0.717) is 0 Å². The van der Waals surface area contributed by atoms with Crippen LogP contribution in [0.5, 0.6) is 0 Å². The van der Waals surface area contributed by atoms with Gasteiger partial charge >= 0.3 is 0 Å². The SMILES string of the molecule is CC(C)c1c(-c2ccccc2)c(-c2ccc(F)cc2)c(C=C[N+](=O)[O-])n1C(C)C. The summed E-state index contributed by atoms with van der Waals surface area (Å²) in [5.41, 5.74) is 5.63. The predicted molar refractivity (Wildman–Crippen MR) is 116 cm³/mol. The zero-order chi connectivity index (χ0) is 21.1. The van der Waals surface area contributed by atoms with Crippen molar-refractivity contribution in [1.29, 1.82) is 0 Å². The number of benzene rings is 2. The summed E-state index contributed by atoms with van der Waals surface area (Å²) in [5.74, 6) is -0.130. The molecular weight excluding hydrogens is 367 g/mol. The first-order valence-electron chi connectivity index (χ1n) is 9.72. The second-order valence-electron chi connectivity index (χ2n) is 7.61. The van der Waals surface area contributed by atoms with Gasteiger partial charge in [-0.05, 0) is 43.0 Å². The molecule has 0 N–H and O–H groups in total. The molecule has 0 aliphatic heterocycles. The molecule has 29 heavy (non-hydrogen) atoms. The molecule has 3 aromatic rings. The Balaban J connectivity index is 2.48. The van der Waals surface area contributed by atoms with Crippen molar-refractivity contribution in [3.63, 3.8) is 0 Å². The van der Waals surface area contributed by atoms with Crippen molar-refractivity contribution in [2.24, 2.45) is 0 Å². The molecule has 0 amide bonds. The Hall–Kier alpha value is -3.21. The van der Waals surface area contributed by atoms with Gasteiger partial charge in [0.15, 0.2) is 0 Å². The molecule has 5 heteroatoms. The number of hydrogen-bond acceptors (Lipinski definition) is 2. The van der Waals surface area contributed by atoms with Crippen molar-refractivity contribution >= 4 is 6.08 Å². The van der Waals surface area contributed by atoms with Gasteiger partial charge in [0, 0.05) is 28.9 Å². The maximum absolute atomic E-state index is 13.6. The highest BCUT2D eigenvalue weighted by Crippen LogP contribution is 2.44. The van der Waals surface area contributed by atoms with Gasteiger partial charge in [-0.1, -0.05) is 56.3 Å². The number of nitro groups is 1. The van der Waals surface area contributed by atoms with Crippen molar-refractivity contribution < 1.29 is 9.31 Å². The Morgan fingerprint density at radius 3 is 2.03 bits per heavy atom. The van der Waals surface area contributed by atoms with E-state index in [4.69, 9.17) is 0 Å². The van der Waals surface area contributed by atoms with Gasteiger partial charge in [-0.3, -0.25) is 10.1 Å². The molecule has 0 aliphatic carbocycles. The van der Waals surface area contributed by atoms with E-state index in [2.05, 4.69) is 32.3 Å². The zero-order valence-corrected chi connectivity index (χ0v) is 17.1. The topological polar surface area (TPSA) is 48.1 Å². The van der Waals surface area contributed by atoms with Gasteiger partial charge < -0.3 is 4.57 Å². The lowest BCUT2D eigenvalue weighted by Gasteiger charge is -2.19.